The predicted octanol–water partition coefficient (Wildman–Crippen LogP) is 1.99. The zero-order valence-corrected chi connectivity index (χ0v) is 14.4. The van der Waals surface area contributed by atoms with Gasteiger partial charge in [-0.15, -0.1) is 0 Å². The van der Waals surface area contributed by atoms with Crippen LogP contribution in [-0.2, 0) is 0 Å². The van der Waals surface area contributed by atoms with Gasteiger partial charge in [0.05, 0.1) is 6.20 Å². The van der Waals surface area contributed by atoms with Crippen molar-refractivity contribution < 1.29 is 4.79 Å². The lowest BCUT2D eigenvalue weighted by molar-refractivity contribution is 0.0933. The van der Waals surface area contributed by atoms with Crippen LogP contribution in [0, 0.1) is 18.4 Å². The molecule has 3 aromatic rings. The third-order valence-electron chi connectivity index (χ3n) is 4.66. The molecule has 0 bridgehead atoms. The lowest BCUT2D eigenvalue weighted by Gasteiger charge is -2.12. The topological polar surface area (TPSA) is 86.3 Å². The predicted molar refractivity (Wildman–Crippen MR) is 96.2 cm³/mol. The normalized spacial score (nSPS) is 16.6. The van der Waals surface area contributed by atoms with Crippen LogP contribution in [0.15, 0.2) is 42.9 Å². The molecule has 1 aliphatic heterocycles. The van der Waals surface area contributed by atoms with E-state index >= 15 is 0 Å². The summed E-state index contributed by atoms with van der Waals surface area (Å²) in [6.07, 6.45) is 8.16. The molecule has 7 heteroatoms. The minimum Gasteiger partial charge on any atom is -0.346 e. The van der Waals surface area contributed by atoms with Gasteiger partial charge in [-0.25, -0.2) is 4.98 Å². The Labute approximate surface area is 150 Å². The molecule has 0 aliphatic carbocycles. The zero-order chi connectivity index (χ0) is 18.1. The number of pyridine rings is 2. The van der Waals surface area contributed by atoms with Crippen LogP contribution in [0.3, 0.4) is 0 Å². The van der Waals surface area contributed by atoms with Crippen LogP contribution in [0.2, 0.25) is 0 Å². The molecule has 1 saturated heterocycles. The summed E-state index contributed by atoms with van der Waals surface area (Å²) in [7, 11) is 0. The Morgan fingerprint density at radius 3 is 2.88 bits per heavy atom. The number of aryl methyl sites for hydroxylation is 1. The number of nitriles is 1. The number of fused-ring (bicyclic) bond motifs is 1. The maximum absolute atomic E-state index is 12.6. The van der Waals surface area contributed by atoms with Gasteiger partial charge >= 0.3 is 0 Å². The second-order valence-electron chi connectivity index (χ2n) is 6.48. The van der Waals surface area contributed by atoms with Crippen molar-refractivity contribution in [2.75, 3.05) is 13.1 Å². The molecule has 1 aliphatic rings. The molecule has 3 aromatic heterocycles. The third-order valence-corrected chi connectivity index (χ3v) is 4.66. The molecule has 7 nitrogen and oxygen atoms in total. The van der Waals surface area contributed by atoms with E-state index in [2.05, 4.69) is 21.5 Å². The quantitative estimate of drug-likeness (QED) is 0.733. The number of carbonyl (C=O) groups is 1. The molecule has 1 N–H and O–H groups in total. The summed E-state index contributed by atoms with van der Waals surface area (Å²) in [5.41, 5.74) is 4.18. The van der Waals surface area contributed by atoms with E-state index in [1.165, 1.54) is 0 Å². The molecular formula is C19H18N6O. The Balaban J connectivity index is 1.56. The average Bonchev–Trinajstić information content (AvgIpc) is 3.28. The summed E-state index contributed by atoms with van der Waals surface area (Å²) in [5, 5.41) is 11.9. The van der Waals surface area contributed by atoms with Crippen LogP contribution in [0.4, 0.5) is 0 Å². The molecule has 0 aromatic carbocycles. The first-order valence-corrected chi connectivity index (χ1v) is 8.50. The molecule has 130 valence electrons. The smallest absolute Gasteiger partial charge is 0.270 e. The zero-order valence-electron chi connectivity index (χ0n) is 14.4. The fourth-order valence-corrected chi connectivity index (χ4v) is 3.20. The minimum absolute atomic E-state index is 0.00870. The number of hydrogen-bond acceptors (Lipinski definition) is 5. The third kappa shape index (κ3) is 2.97. The first-order valence-electron chi connectivity index (χ1n) is 8.50. The van der Waals surface area contributed by atoms with E-state index in [1.807, 2.05) is 43.6 Å². The number of nitrogens with one attached hydrogen (secondary N) is 1. The highest BCUT2D eigenvalue weighted by Gasteiger charge is 2.24. The first kappa shape index (κ1) is 16.1. The fourth-order valence-electron chi connectivity index (χ4n) is 3.20. The molecule has 1 atom stereocenters. The summed E-state index contributed by atoms with van der Waals surface area (Å²) < 4.78 is 1.78. The Morgan fingerprint density at radius 2 is 2.15 bits per heavy atom. The van der Waals surface area contributed by atoms with Crippen LogP contribution in [0.25, 0.3) is 16.8 Å². The Hall–Kier alpha value is -3.40. The van der Waals surface area contributed by atoms with E-state index < -0.39 is 0 Å². The van der Waals surface area contributed by atoms with Gasteiger partial charge < -0.3 is 10.2 Å². The van der Waals surface area contributed by atoms with E-state index in [1.54, 1.807) is 15.5 Å². The van der Waals surface area contributed by atoms with Gasteiger partial charge in [-0.2, -0.15) is 5.26 Å². The van der Waals surface area contributed by atoms with E-state index in [-0.39, 0.29) is 11.9 Å². The molecular weight excluding hydrogens is 328 g/mol. The van der Waals surface area contributed by atoms with Gasteiger partial charge in [0.25, 0.3) is 5.91 Å². The lowest BCUT2D eigenvalue weighted by Crippen LogP contribution is -2.36. The highest BCUT2D eigenvalue weighted by molar-refractivity contribution is 5.93. The summed E-state index contributed by atoms with van der Waals surface area (Å²) in [4.78, 5) is 22.9. The number of likely N-dealkylation sites (tertiary alicyclic amines) is 1. The molecule has 1 amide bonds. The van der Waals surface area contributed by atoms with E-state index in [9.17, 15) is 4.79 Å². The maximum Gasteiger partial charge on any atom is 0.270 e. The van der Waals surface area contributed by atoms with Crippen LogP contribution >= 0.6 is 0 Å². The Morgan fingerprint density at radius 1 is 1.27 bits per heavy atom. The summed E-state index contributed by atoms with van der Waals surface area (Å²) >= 11 is 0. The number of rotatable bonds is 3. The van der Waals surface area contributed by atoms with Crippen LogP contribution in [0.1, 0.15) is 22.6 Å². The molecule has 4 heterocycles. The number of nitrogens with zero attached hydrogens (tertiary/aromatic N) is 5. The van der Waals surface area contributed by atoms with Gasteiger partial charge in [0, 0.05) is 42.8 Å². The molecule has 0 radical (unpaired) electrons. The van der Waals surface area contributed by atoms with E-state index in [0.29, 0.717) is 24.4 Å². The molecule has 4 rings (SSSR count). The Bertz CT molecular complexity index is 1000. The molecule has 1 fully saturated rings. The summed E-state index contributed by atoms with van der Waals surface area (Å²) in [6, 6.07) is 7.87. The van der Waals surface area contributed by atoms with Gasteiger partial charge in [0.1, 0.15) is 11.3 Å². The lowest BCUT2D eigenvalue weighted by atomic mass is 10.1. The molecule has 0 saturated carbocycles. The molecule has 26 heavy (non-hydrogen) atoms. The van der Waals surface area contributed by atoms with Gasteiger partial charge in [0.15, 0.2) is 6.19 Å². The molecule has 0 spiro atoms. The van der Waals surface area contributed by atoms with Crippen molar-refractivity contribution in [1.29, 1.82) is 5.26 Å². The van der Waals surface area contributed by atoms with Crippen LogP contribution < -0.4 is 5.32 Å². The monoisotopic (exact) mass is 346 g/mol. The SMILES string of the molecule is Cc1ccc(-c2ccn3c(C(=O)NC4CCN(C#N)C4)cnc3c2)cn1. The summed E-state index contributed by atoms with van der Waals surface area (Å²) in [6.45, 7) is 3.19. The standard InChI is InChI=1S/C19H18N6O/c1-13-2-3-15(9-21-13)14-4-7-25-17(10-22-18(25)8-14)19(26)23-16-5-6-24(11-16)12-20/h2-4,7-10,16H,5-6,11H2,1H3,(H,23,26). The highest BCUT2D eigenvalue weighted by Crippen LogP contribution is 2.21. The van der Waals surface area contributed by atoms with Crippen molar-refractivity contribution in [1.82, 2.24) is 24.6 Å². The second kappa shape index (κ2) is 6.48. The van der Waals surface area contributed by atoms with Gasteiger partial charge in [-0.05, 0) is 37.1 Å². The highest BCUT2D eigenvalue weighted by atomic mass is 16.2. The van der Waals surface area contributed by atoms with Crippen molar-refractivity contribution in [3.8, 4) is 17.3 Å². The molecule has 1 unspecified atom stereocenters. The number of aromatic nitrogens is 3. The maximum atomic E-state index is 12.6. The summed E-state index contributed by atoms with van der Waals surface area (Å²) in [5.74, 6) is -0.174. The Kier molecular flexibility index (Phi) is 4.01. The van der Waals surface area contributed by atoms with Crippen LogP contribution in [-0.4, -0.2) is 44.3 Å². The van der Waals surface area contributed by atoms with Crippen molar-refractivity contribution in [3.63, 3.8) is 0 Å². The second-order valence-corrected chi connectivity index (χ2v) is 6.48. The number of amides is 1. The van der Waals surface area contributed by atoms with Crippen molar-refractivity contribution >= 4 is 11.6 Å². The van der Waals surface area contributed by atoms with Crippen molar-refractivity contribution in [2.24, 2.45) is 0 Å². The van der Waals surface area contributed by atoms with Gasteiger partial charge in [-0.3, -0.25) is 14.2 Å². The van der Waals surface area contributed by atoms with E-state index in [4.69, 9.17) is 5.26 Å². The van der Waals surface area contributed by atoms with Gasteiger partial charge in [-0.1, -0.05) is 6.07 Å². The number of hydrogen-bond donors (Lipinski definition) is 1. The number of carbonyl (C=O) groups excluding carboxylic acids is 1. The average molecular weight is 346 g/mol. The van der Waals surface area contributed by atoms with E-state index in [0.717, 1.165) is 23.2 Å². The first-order chi connectivity index (χ1) is 12.6. The van der Waals surface area contributed by atoms with Gasteiger partial charge in [0.2, 0.25) is 0 Å². The van der Waals surface area contributed by atoms with Crippen LogP contribution in [0.5, 0.6) is 0 Å². The van der Waals surface area contributed by atoms with Crippen molar-refractivity contribution in [3.05, 3.63) is 54.2 Å². The fraction of sp³-hybridized carbons (Fsp3) is 0.263. The minimum atomic E-state index is -0.174. The van der Waals surface area contributed by atoms with Crippen molar-refractivity contribution in [2.45, 2.75) is 19.4 Å². The largest absolute Gasteiger partial charge is 0.346 e. The number of imidazole rings is 1.